The van der Waals surface area contributed by atoms with Gasteiger partial charge in [-0.25, -0.2) is 5.06 Å². The number of hydrogen-bond donors (Lipinski definition) is 0. The molecule has 1 saturated carbocycles. The van der Waals surface area contributed by atoms with Crippen molar-refractivity contribution in [3.63, 3.8) is 0 Å². The van der Waals surface area contributed by atoms with Crippen LogP contribution in [0.4, 0.5) is 0 Å². The molecule has 0 N–H and O–H groups in total. The van der Waals surface area contributed by atoms with Crippen LogP contribution in [0.5, 0.6) is 0 Å². The molecule has 0 spiro atoms. The first-order chi connectivity index (χ1) is 6.28. The number of hydrogen-bond acceptors (Lipinski definition) is 3. The van der Waals surface area contributed by atoms with E-state index in [1.54, 1.807) is 16.8 Å². The fourth-order valence-electron chi connectivity index (χ4n) is 1.84. The van der Waals surface area contributed by atoms with Crippen molar-refractivity contribution in [1.82, 2.24) is 5.06 Å². The molecule has 0 radical (unpaired) electrons. The normalized spacial score (nSPS) is 25.8. The first kappa shape index (κ1) is 9.34. The van der Waals surface area contributed by atoms with Crippen molar-refractivity contribution in [2.24, 2.45) is 0 Å². The van der Waals surface area contributed by atoms with E-state index in [1.165, 1.54) is 6.42 Å². The molecule has 1 aliphatic carbocycles. The van der Waals surface area contributed by atoms with Crippen molar-refractivity contribution in [1.29, 1.82) is 0 Å². The number of rotatable bonds is 2. The summed E-state index contributed by atoms with van der Waals surface area (Å²) >= 11 is 1.68. The van der Waals surface area contributed by atoms with E-state index in [-0.39, 0.29) is 10.7 Å². The molecule has 1 amide bonds. The molecule has 2 fully saturated rings. The van der Waals surface area contributed by atoms with Gasteiger partial charge in [0, 0.05) is 0 Å². The van der Waals surface area contributed by atoms with E-state index in [0.29, 0.717) is 6.61 Å². The molecule has 2 aliphatic rings. The predicted octanol–water partition coefficient (Wildman–Crippen LogP) is 1.44. The largest absolute Gasteiger partial charge is 0.271 e. The van der Waals surface area contributed by atoms with Gasteiger partial charge in [-0.2, -0.15) is 0 Å². The summed E-state index contributed by atoms with van der Waals surface area (Å²) in [7, 11) is 0. The summed E-state index contributed by atoms with van der Waals surface area (Å²) in [5.41, 5.74) is 0. The van der Waals surface area contributed by atoms with Gasteiger partial charge in [0.2, 0.25) is 0 Å². The highest BCUT2D eigenvalue weighted by atomic mass is 32.2. The third-order valence-corrected chi connectivity index (χ3v) is 4.29. The molecule has 0 atom stereocenters. The van der Waals surface area contributed by atoms with Gasteiger partial charge < -0.3 is 0 Å². The summed E-state index contributed by atoms with van der Waals surface area (Å²) in [5.74, 6) is 0.198. The average molecular weight is 201 g/mol. The van der Waals surface area contributed by atoms with Gasteiger partial charge >= 0.3 is 0 Å². The Labute approximate surface area is 82.8 Å². The lowest BCUT2D eigenvalue weighted by Gasteiger charge is -2.40. The van der Waals surface area contributed by atoms with Crippen molar-refractivity contribution < 1.29 is 9.63 Å². The fraction of sp³-hybridized carbons (Fsp3) is 0.889. The Morgan fingerprint density at radius 1 is 1.46 bits per heavy atom. The van der Waals surface area contributed by atoms with Gasteiger partial charge in [-0.15, -0.1) is 11.8 Å². The van der Waals surface area contributed by atoms with Crippen LogP contribution in [0.3, 0.4) is 0 Å². The molecule has 0 unspecified atom stereocenters. The molecule has 0 aromatic carbocycles. The number of hydroxylamine groups is 2. The van der Waals surface area contributed by atoms with Crippen molar-refractivity contribution >= 4 is 17.7 Å². The Hall–Kier alpha value is -0.220. The quantitative estimate of drug-likeness (QED) is 0.677. The highest BCUT2D eigenvalue weighted by Crippen LogP contribution is 2.44. The Morgan fingerprint density at radius 2 is 2.23 bits per heavy atom. The second-order valence-electron chi connectivity index (χ2n) is 3.65. The second kappa shape index (κ2) is 3.50. The molecule has 4 heteroatoms. The Morgan fingerprint density at radius 3 is 2.62 bits per heavy atom. The van der Waals surface area contributed by atoms with Crippen LogP contribution in [0.2, 0.25) is 0 Å². The summed E-state index contributed by atoms with van der Waals surface area (Å²) in [6.07, 6.45) is 6.23. The van der Waals surface area contributed by atoms with Crippen LogP contribution >= 0.6 is 11.8 Å². The maximum Gasteiger partial charge on any atom is 0.262 e. The van der Waals surface area contributed by atoms with Crippen LogP contribution < -0.4 is 0 Å². The van der Waals surface area contributed by atoms with E-state index in [2.05, 4.69) is 0 Å². The molecular weight excluding hydrogens is 186 g/mol. The minimum absolute atomic E-state index is 0.135. The highest BCUT2D eigenvalue weighted by molar-refractivity contribution is 8.00. The first-order valence-corrected chi connectivity index (χ1v) is 6.01. The van der Waals surface area contributed by atoms with Gasteiger partial charge in [-0.3, -0.25) is 9.63 Å². The third kappa shape index (κ3) is 1.46. The van der Waals surface area contributed by atoms with Gasteiger partial charge in [0.05, 0.1) is 17.9 Å². The topological polar surface area (TPSA) is 29.5 Å². The van der Waals surface area contributed by atoms with E-state index in [1.807, 2.05) is 6.26 Å². The van der Waals surface area contributed by atoms with Crippen LogP contribution in [-0.4, -0.2) is 35.1 Å². The zero-order chi connectivity index (χ0) is 9.31. The summed E-state index contributed by atoms with van der Waals surface area (Å²) in [5, 5.41) is 1.57. The van der Waals surface area contributed by atoms with Gasteiger partial charge in [0.1, 0.15) is 0 Å². The monoisotopic (exact) mass is 201 g/mol. The first-order valence-electron chi connectivity index (χ1n) is 4.78. The smallest absolute Gasteiger partial charge is 0.262 e. The maximum absolute atomic E-state index is 12.0. The number of carbonyl (C=O) groups is 1. The van der Waals surface area contributed by atoms with Crippen LogP contribution in [0.25, 0.3) is 0 Å². The molecule has 0 aromatic rings. The molecule has 1 saturated heterocycles. The summed E-state index contributed by atoms with van der Waals surface area (Å²) in [6.45, 7) is 1.48. The number of carbonyl (C=O) groups excluding carboxylic acids is 1. The van der Waals surface area contributed by atoms with Crippen LogP contribution in [0, 0.1) is 0 Å². The van der Waals surface area contributed by atoms with Crippen LogP contribution in [0.1, 0.15) is 25.7 Å². The van der Waals surface area contributed by atoms with E-state index < -0.39 is 0 Å². The van der Waals surface area contributed by atoms with Crippen LogP contribution in [0.15, 0.2) is 0 Å². The van der Waals surface area contributed by atoms with E-state index in [4.69, 9.17) is 4.84 Å². The molecule has 3 nitrogen and oxygen atoms in total. The zero-order valence-corrected chi connectivity index (χ0v) is 8.73. The lowest BCUT2D eigenvalue weighted by molar-refractivity contribution is -0.173. The van der Waals surface area contributed by atoms with E-state index in [0.717, 1.165) is 25.8 Å². The molecule has 0 aromatic heterocycles. The van der Waals surface area contributed by atoms with Gasteiger partial charge in [-0.05, 0) is 31.9 Å². The molecule has 2 rings (SSSR count). The standard InChI is InChI=1S/C9H15NO2S/c1-13-9(4-2-5-9)8(11)10-6-3-7-12-10/h2-7H2,1H3. The molecule has 74 valence electrons. The molecule has 1 heterocycles. The third-order valence-electron chi connectivity index (χ3n) is 2.92. The average Bonchev–Trinajstić information content (AvgIpc) is 2.54. The van der Waals surface area contributed by atoms with Crippen molar-refractivity contribution in [3.05, 3.63) is 0 Å². The van der Waals surface area contributed by atoms with Crippen LogP contribution in [-0.2, 0) is 9.63 Å². The number of amides is 1. The minimum atomic E-state index is -0.135. The fourth-order valence-corrected chi connectivity index (χ4v) is 2.81. The van der Waals surface area contributed by atoms with E-state index >= 15 is 0 Å². The summed E-state index contributed by atoms with van der Waals surface area (Å²) in [6, 6.07) is 0. The highest BCUT2D eigenvalue weighted by Gasteiger charge is 2.46. The second-order valence-corrected chi connectivity index (χ2v) is 4.84. The summed E-state index contributed by atoms with van der Waals surface area (Å²) < 4.78 is -0.135. The van der Waals surface area contributed by atoms with Gasteiger partial charge in [0.25, 0.3) is 5.91 Å². The van der Waals surface area contributed by atoms with Gasteiger partial charge in [0.15, 0.2) is 0 Å². The maximum atomic E-state index is 12.0. The van der Waals surface area contributed by atoms with Gasteiger partial charge in [-0.1, -0.05) is 0 Å². The lowest BCUT2D eigenvalue weighted by Crippen LogP contribution is -2.49. The van der Waals surface area contributed by atoms with E-state index in [9.17, 15) is 4.79 Å². The number of nitrogens with zero attached hydrogens (tertiary/aromatic N) is 1. The van der Waals surface area contributed by atoms with Crippen molar-refractivity contribution in [2.45, 2.75) is 30.4 Å². The Balaban J connectivity index is 2.01. The predicted molar refractivity (Wildman–Crippen MR) is 52.4 cm³/mol. The minimum Gasteiger partial charge on any atom is -0.271 e. The zero-order valence-electron chi connectivity index (χ0n) is 7.91. The van der Waals surface area contributed by atoms with Crippen molar-refractivity contribution in [2.75, 3.05) is 19.4 Å². The number of thioether (sulfide) groups is 1. The SMILES string of the molecule is CSC1(C(=O)N2CCCO2)CCC1. The summed E-state index contributed by atoms with van der Waals surface area (Å²) in [4.78, 5) is 17.2. The Kier molecular flexibility index (Phi) is 2.51. The molecular formula is C9H15NO2S. The molecule has 1 aliphatic heterocycles. The lowest BCUT2D eigenvalue weighted by atomic mass is 9.83. The molecule has 13 heavy (non-hydrogen) atoms. The molecule has 0 bridgehead atoms. The van der Waals surface area contributed by atoms with Crippen molar-refractivity contribution in [3.8, 4) is 0 Å². The Bertz CT molecular complexity index is 204.